The van der Waals surface area contributed by atoms with Gasteiger partial charge in [0.1, 0.15) is 12.1 Å². The molecule has 1 fully saturated rings. The summed E-state index contributed by atoms with van der Waals surface area (Å²) in [5.74, 6) is -0.752. The Morgan fingerprint density at radius 2 is 2.29 bits per heavy atom. The van der Waals surface area contributed by atoms with Gasteiger partial charge < -0.3 is 15.4 Å². The van der Waals surface area contributed by atoms with Gasteiger partial charge in [-0.15, -0.1) is 0 Å². The maximum atomic E-state index is 11.6. The standard InChI is InChI=1S/C9H12N4O3S/c1-3-16-5(14)4-11-6-7(10-2)12-9(17)13-8(6)15/h4,6H,3H2,1-2H3,(H2,10,12,13,15,17). The van der Waals surface area contributed by atoms with Gasteiger partial charge in [-0.05, 0) is 19.1 Å². The number of carbonyl (C=O) groups is 2. The van der Waals surface area contributed by atoms with E-state index in [2.05, 4.69) is 25.4 Å². The molecule has 0 aliphatic carbocycles. The first kappa shape index (κ1) is 13.2. The van der Waals surface area contributed by atoms with E-state index in [1.807, 2.05) is 0 Å². The van der Waals surface area contributed by atoms with Crippen LogP contribution in [-0.2, 0) is 14.3 Å². The Balaban J connectivity index is 2.77. The highest BCUT2D eigenvalue weighted by molar-refractivity contribution is 7.80. The van der Waals surface area contributed by atoms with Crippen LogP contribution >= 0.6 is 12.2 Å². The molecular weight excluding hydrogens is 244 g/mol. The molecule has 0 saturated carbocycles. The normalized spacial score (nSPS) is 22.5. The second-order valence-electron chi connectivity index (χ2n) is 2.98. The van der Waals surface area contributed by atoms with Crippen LogP contribution in [-0.4, -0.2) is 48.7 Å². The number of aliphatic imine (C=N–C) groups is 2. The van der Waals surface area contributed by atoms with Gasteiger partial charge in [-0.25, -0.2) is 4.79 Å². The van der Waals surface area contributed by atoms with Crippen LogP contribution in [0, 0.1) is 0 Å². The molecule has 0 radical (unpaired) electrons. The van der Waals surface area contributed by atoms with Crippen LogP contribution < -0.4 is 10.6 Å². The van der Waals surface area contributed by atoms with E-state index in [9.17, 15) is 9.59 Å². The molecule has 0 aromatic carbocycles. The zero-order valence-electron chi connectivity index (χ0n) is 9.39. The Hall–Kier alpha value is -1.83. The molecule has 2 N–H and O–H groups in total. The van der Waals surface area contributed by atoms with Crippen LogP contribution in [0.4, 0.5) is 0 Å². The Morgan fingerprint density at radius 3 is 2.88 bits per heavy atom. The number of esters is 1. The molecule has 17 heavy (non-hydrogen) atoms. The molecule has 0 spiro atoms. The smallest absolute Gasteiger partial charge is 0.348 e. The van der Waals surface area contributed by atoms with Crippen LogP contribution in [0.3, 0.4) is 0 Å². The monoisotopic (exact) mass is 256 g/mol. The zero-order valence-corrected chi connectivity index (χ0v) is 10.2. The number of amides is 1. The summed E-state index contributed by atoms with van der Waals surface area (Å²) < 4.78 is 4.65. The Morgan fingerprint density at radius 1 is 1.59 bits per heavy atom. The van der Waals surface area contributed by atoms with Crippen LogP contribution in [0.5, 0.6) is 0 Å². The lowest BCUT2D eigenvalue weighted by Crippen LogP contribution is -2.58. The van der Waals surface area contributed by atoms with E-state index in [-0.39, 0.29) is 11.7 Å². The van der Waals surface area contributed by atoms with Gasteiger partial charge in [-0.3, -0.25) is 14.8 Å². The van der Waals surface area contributed by atoms with E-state index in [1.165, 1.54) is 7.05 Å². The number of hydrogen-bond donors (Lipinski definition) is 2. The third kappa shape index (κ3) is 3.59. The molecule has 1 atom stereocenters. The van der Waals surface area contributed by atoms with Crippen molar-refractivity contribution < 1.29 is 14.3 Å². The van der Waals surface area contributed by atoms with Gasteiger partial charge in [0.15, 0.2) is 11.2 Å². The highest BCUT2D eigenvalue weighted by Crippen LogP contribution is 1.99. The summed E-state index contributed by atoms with van der Waals surface area (Å²) in [7, 11) is 1.50. The van der Waals surface area contributed by atoms with E-state index < -0.39 is 17.9 Å². The number of hydrogen-bond acceptors (Lipinski definition) is 6. The maximum Gasteiger partial charge on any atom is 0.348 e. The Kier molecular flexibility index (Phi) is 4.70. The predicted molar refractivity (Wildman–Crippen MR) is 66.1 cm³/mol. The van der Waals surface area contributed by atoms with Crippen molar-refractivity contribution >= 4 is 41.3 Å². The van der Waals surface area contributed by atoms with Crippen molar-refractivity contribution in [1.29, 1.82) is 0 Å². The first-order valence-corrected chi connectivity index (χ1v) is 5.27. The minimum atomic E-state index is -0.906. The lowest BCUT2D eigenvalue weighted by atomic mass is 10.2. The summed E-state index contributed by atoms with van der Waals surface area (Å²) >= 11 is 4.79. The largest absolute Gasteiger partial charge is 0.462 e. The van der Waals surface area contributed by atoms with Gasteiger partial charge in [0, 0.05) is 7.05 Å². The highest BCUT2D eigenvalue weighted by Gasteiger charge is 2.29. The minimum Gasteiger partial charge on any atom is -0.462 e. The second-order valence-corrected chi connectivity index (χ2v) is 3.39. The van der Waals surface area contributed by atoms with Crippen LogP contribution in [0.1, 0.15) is 6.92 Å². The van der Waals surface area contributed by atoms with Gasteiger partial charge >= 0.3 is 5.97 Å². The summed E-state index contributed by atoms with van der Waals surface area (Å²) in [6, 6.07) is -0.906. The van der Waals surface area contributed by atoms with Crippen LogP contribution in [0.15, 0.2) is 9.98 Å². The van der Waals surface area contributed by atoms with Gasteiger partial charge in [0.25, 0.3) is 5.91 Å². The fourth-order valence-electron chi connectivity index (χ4n) is 1.15. The predicted octanol–water partition coefficient (Wildman–Crippen LogP) is -0.978. The number of nitrogens with one attached hydrogen (secondary N) is 2. The van der Waals surface area contributed by atoms with E-state index in [0.29, 0.717) is 5.84 Å². The zero-order chi connectivity index (χ0) is 12.8. The van der Waals surface area contributed by atoms with Gasteiger partial charge in [0.2, 0.25) is 0 Å². The first-order valence-electron chi connectivity index (χ1n) is 4.87. The molecule has 92 valence electrons. The number of rotatable bonds is 3. The van der Waals surface area contributed by atoms with E-state index in [1.54, 1.807) is 6.92 Å². The SMILES string of the molecule is CCOC(=O)C=NC1C(=O)NC(=S)NC1=NC. The van der Waals surface area contributed by atoms with Gasteiger partial charge in [-0.2, -0.15) is 0 Å². The Labute approximate surface area is 103 Å². The van der Waals surface area contributed by atoms with E-state index in [0.717, 1.165) is 6.21 Å². The summed E-state index contributed by atoms with van der Waals surface area (Å²) in [6.45, 7) is 1.93. The fraction of sp³-hybridized carbons (Fsp3) is 0.444. The van der Waals surface area contributed by atoms with Crippen molar-refractivity contribution in [2.75, 3.05) is 13.7 Å². The molecule has 1 amide bonds. The number of ether oxygens (including phenoxy) is 1. The van der Waals surface area contributed by atoms with E-state index >= 15 is 0 Å². The molecule has 8 heteroatoms. The Bertz CT molecular complexity index is 405. The van der Waals surface area contributed by atoms with Crippen LogP contribution in [0.2, 0.25) is 0 Å². The summed E-state index contributed by atoms with van der Waals surface area (Å²) in [6.07, 6.45) is 0.953. The van der Waals surface area contributed by atoms with Gasteiger partial charge in [-0.1, -0.05) is 0 Å². The summed E-state index contributed by atoms with van der Waals surface area (Å²) in [4.78, 5) is 30.3. The third-order valence-corrected chi connectivity index (χ3v) is 2.05. The summed E-state index contributed by atoms with van der Waals surface area (Å²) in [5, 5.41) is 5.23. The van der Waals surface area contributed by atoms with Crippen molar-refractivity contribution in [2.24, 2.45) is 9.98 Å². The molecular formula is C9H12N4O3S. The fourth-order valence-corrected chi connectivity index (χ4v) is 1.36. The van der Waals surface area contributed by atoms with Crippen molar-refractivity contribution in [2.45, 2.75) is 13.0 Å². The van der Waals surface area contributed by atoms with Crippen molar-refractivity contribution in [3.63, 3.8) is 0 Å². The quantitative estimate of drug-likeness (QED) is 0.385. The van der Waals surface area contributed by atoms with Crippen LogP contribution in [0.25, 0.3) is 0 Å². The minimum absolute atomic E-state index is 0.165. The molecule has 1 rings (SSSR count). The first-order chi connectivity index (χ1) is 8.08. The van der Waals surface area contributed by atoms with Crippen molar-refractivity contribution in [1.82, 2.24) is 10.6 Å². The topological polar surface area (TPSA) is 92.1 Å². The average molecular weight is 256 g/mol. The molecule has 1 unspecified atom stereocenters. The summed E-state index contributed by atoms with van der Waals surface area (Å²) in [5.41, 5.74) is 0. The molecule has 1 heterocycles. The maximum absolute atomic E-state index is 11.6. The number of nitrogens with zero attached hydrogens (tertiary/aromatic N) is 2. The van der Waals surface area contributed by atoms with Gasteiger partial charge in [0.05, 0.1) is 6.61 Å². The third-order valence-electron chi connectivity index (χ3n) is 1.84. The number of thiocarbonyl (C=S) groups is 1. The molecule has 1 saturated heterocycles. The van der Waals surface area contributed by atoms with Crippen molar-refractivity contribution in [3.05, 3.63) is 0 Å². The van der Waals surface area contributed by atoms with E-state index in [4.69, 9.17) is 12.2 Å². The second kappa shape index (κ2) is 6.04. The molecule has 1 aliphatic rings. The molecule has 0 aromatic rings. The number of carbonyl (C=O) groups excluding carboxylic acids is 2. The molecule has 0 bridgehead atoms. The average Bonchev–Trinajstić information content (AvgIpc) is 2.27. The lowest BCUT2D eigenvalue weighted by molar-refractivity contribution is -0.134. The van der Waals surface area contributed by atoms with Crippen molar-refractivity contribution in [3.8, 4) is 0 Å². The molecule has 1 aliphatic heterocycles. The highest BCUT2D eigenvalue weighted by atomic mass is 32.1. The number of amidine groups is 1. The molecule has 7 nitrogen and oxygen atoms in total. The molecule has 0 aromatic heterocycles. The lowest BCUT2D eigenvalue weighted by Gasteiger charge is -2.22.